The van der Waals surface area contributed by atoms with E-state index in [2.05, 4.69) is 29.4 Å². The van der Waals surface area contributed by atoms with Crippen LogP contribution < -0.4 is 10.1 Å². The van der Waals surface area contributed by atoms with E-state index in [1.165, 1.54) is 11.1 Å². The molecule has 0 aliphatic carbocycles. The maximum atomic E-state index is 12.2. The Morgan fingerprint density at radius 3 is 3.04 bits per heavy atom. The smallest absolute Gasteiger partial charge is 0.225 e. The molecule has 2 aliphatic heterocycles. The molecule has 5 heteroatoms. The van der Waals surface area contributed by atoms with Crippen LogP contribution in [-0.4, -0.2) is 36.8 Å². The van der Waals surface area contributed by atoms with Crippen LogP contribution in [0, 0.1) is 12.8 Å². The average Bonchev–Trinajstić information content (AvgIpc) is 3.29. The van der Waals surface area contributed by atoms with Crippen LogP contribution in [0.4, 0.5) is 0 Å². The van der Waals surface area contributed by atoms with Crippen LogP contribution in [-0.2, 0) is 16.0 Å². The Labute approximate surface area is 147 Å². The second kappa shape index (κ2) is 6.84. The predicted octanol–water partition coefficient (Wildman–Crippen LogP) is 2.51. The number of rotatable bonds is 4. The molecule has 1 N–H and O–H groups in total. The summed E-state index contributed by atoms with van der Waals surface area (Å²) >= 11 is 0. The molecule has 0 radical (unpaired) electrons. The first-order valence-corrected chi connectivity index (χ1v) is 8.78. The minimum atomic E-state index is -0.0365. The third-order valence-corrected chi connectivity index (χ3v) is 4.79. The largest absolute Gasteiger partial charge is 0.487 e. The number of aromatic nitrogens is 1. The van der Waals surface area contributed by atoms with Gasteiger partial charge in [-0.1, -0.05) is 12.1 Å². The van der Waals surface area contributed by atoms with Crippen LogP contribution in [0.25, 0.3) is 11.3 Å². The molecule has 1 saturated heterocycles. The molecule has 1 amide bonds. The lowest BCUT2D eigenvalue weighted by atomic mass is 10.0. The second-order valence-electron chi connectivity index (χ2n) is 6.77. The summed E-state index contributed by atoms with van der Waals surface area (Å²) in [6, 6.07) is 10.2. The molecule has 0 bridgehead atoms. The van der Waals surface area contributed by atoms with Crippen molar-refractivity contribution in [1.82, 2.24) is 10.3 Å². The number of ether oxygens (including phenoxy) is 2. The van der Waals surface area contributed by atoms with E-state index < -0.39 is 0 Å². The van der Waals surface area contributed by atoms with E-state index in [9.17, 15) is 4.79 Å². The van der Waals surface area contributed by atoms with Crippen LogP contribution in [0.2, 0.25) is 0 Å². The van der Waals surface area contributed by atoms with E-state index >= 15 is 0 Å². The topological polar surface area (TPSA) is 60.5 Å². The van der Waals surface area contributed by atoms with Gasteiger partial charge >= 0.3 is 0 Å². The number of nitrogens with zero attached hydrogens (tertiary/aromatic N) is 1. The minimum absolute atomic E-state index is 0.0184. The number of fused-ring (bicyclic) bond motifs is 1. The summed E-state index contributed by atoms with van der Waals surface area (Å²) in [7, 11) is 0. The Balaban J connectivity index is 1.48. The molecule has 130 valence electrons. The summed E-state index contributed by atoms with van der Waals surface area (Å²) in [6.45, 7) is 3.81. The third kappa shape index (κ3) is 3.37. The standard InChI is InChI=1S/C20H22N2O3/c1-13-8-15-10-16(11-22-20(23)14-5-7-24-12-14)25-19(15)17(9-13)18-4-2-3-6-21-18/h2-4,6,8-9,14,16H,5,7,10-12H2,1H3,(H,22,23)/t14-,16-/m1/s1. The Hall–Kier alpha value is -2.40. The number of aryl methyl sites for hydroxylation is 1. The fourth-order valence-electron chi connectivity index (χ4n) is 3.52. The van der Waals surface area contributed by atoms with Crippen molar-refractivity contribution in [3.63, 3.8) is 0 Å². The van der Waals surface area contributed by atoms with Gasteiger partial charge in [0.25, 0.3) is 0 Å². The van der Waals surface area contributed by atoms with Crippen molar-refractivity contribution >= 4 is 5.91 Å². The van der Waals surface area contributed by atoms with Crippen molar-refractivity contribution in [1.29, 1.82) is 0 Å². The minimum Gasteiger partial charge on any atom is -0.487 e. The van der Waals surface area contributed by atoms with Gasteiger partial charge in [-0.25, -0.2) is 0 Å². The summed E-state index contributed by atoms with van der Waals surface area (Å²) in [5.41, 5.74) is 4.31. The monoisotopic (exact) mass is 338 g/mol. The van der Waals surface area contributed by atoms with Crippen LogP contribution in [0.3, 0.4) is 0 Å². The number of pyridine rings is 1. The summed E-state index contributed by atoms with van der Waals surface area (Å²) in [5.74, 6) is 0.945. The van der Waals surface area contributed by atoms with E-state index in [0.29, 0.717) is 19.8 Å². The van der Waals surface area contributed by atoms with Crippen molar-refractivity contribution in [3.05, 3.63) is 47.7 Å². The molecule has 1 aromatic carbocycles. The van der Waals surface area contributed by atoms with Gasteiger partial charge in [0.2, 0.25) is 5.91 Å². The highest BCUT2D eigenvalue weighted by Gasteiger charge is 2.29. The maximum absolute atomic E-state index is 12.2. The molecule has 3 heterocycles. The molecule has 0 saturated carbocycles. The highest BCUT2D eigenvalue weighted by molar-refractivity contribution is 5.79. The van der Waals surface area contributed by atoms with Gasteiger partial charge < -0.3 is 14.8 Å². The van der Waals surface area contributed by atoms with Crippen molar-refractivity contribution in [2.45, 2.75) is 25.9 Å². The zero-order valence-electron chi connectivity index (χ0n) is 14.3. The summed E-state index contributed by atoms with van der Waals surface area (Å²) in [4.78, 5) is 16.6. The lowest BCUT2D eigenvalue weighted by Crippen LogP contribution is -2.38. The second-order valence-corrected chi connectivity index (χ2v) is 6.77. The summed E-state index contributed by atoms with van der Waals surface area (Å²) in [6.07, 6.45) is 3.37. The molecule has 0 unspecified atom stereocenters. The van der Waals surface area contributed by atoms with Crippen molar-refractivity contribution < 1.29 is 14.3 Å². The average molecular weight is 338 g/mol. The van der Waals surface area contributed by atoms with Crippen LogP contribution in [0.5, 0.6) is 5.75 Å². The lowest BCUT2D eigenvalue weighted by molar-refractivity contribution is -0.125. The van der Waals surface area contributed by atoms with Crippen LogP contribution >= 0.6 is 0 Å². The number of benzene rings is 1. The normalized spacial score (nSPS) is 21.6. The van der Waals surface area contributed by atoms with Crippen molar-refractivity contribution in [2.75, 3.05) is 19.8 Å². The van der Waals surface area contributed by atoms with Gasteiger partial charge in [-0.05, 0) is 42.7 Å². The van der Waals surface area contributed by atoms with Crippen LogP contribution in [0.15, 0.2) is 36.5 Å². The number of hydrogen-bond acceptors (Lipinski definition) is 4. The van der Waals surface area contributed by atoms with Gasteiger partial charge in [0.1, 0.15) is 11.9 Å². The Kier molecular flexibility index (Phi) is 4.40. The highest BCUT2D eigenvalue weighted by atomic mass is 16.5. The molecule has 5 nitrogen and oxygen atoms in total. The molecular weight excluding hydrogens is 316 g/mol. The number of nitrogens with one attached hydrogen (secondary N) is 1. The Morgan fingerprint density at radius 1 is 1.36 bits per heavy atom. The molecule has 2 aromatic rings. The quantitative estimate of drug-likeness (QED) is 0.930. The van der Waals surface area contributed by atoms with Gasteiger partial charge in [-0.3, -0.25) is 9.78 Å². The van der Waals surface area contributed by atoms with Gasteiger partial charge in [0, 0.05) is 24.8 Å². The maximum Gasteiger partial charge on any atom is 0.225 e. The number of carbonyl (C=O) groups excluding carboxylic acids is 1. The van der Waals surface area contributed by atoms with Crippen molar-refractivity contribution in [3.8, 4) is 17.0 Å². The Bertz CT molecular complexity index is 770. The molecule has 2 atom stereocenters. The van der Waals surface area contributed by atoms with E-state index in [1.54, 1.807) is 6.20 Å². The number of carbonyl (C=O) groups is 1. The lowest BCUT2D eigenvalue weighted by Gasteiger charge is -2.15. The van der Waals surface area contributed by atoms with Gasteiger partial charge in [-0.2, -0.15) is 0 Å². The molecule has 1 aromatic heterocycles. The molecule has 2 aliphatic rings. The zero-order valence-corrected chi connectivity index (χ0v) is 14.3. The van der Waals surface area contributed by atoms with Gasteiger partial charge in [0.15, 0.2) is 0 Å². The van der Waals surface area contributed by atoms with Gasteiger partial charge in [0.05, 0.1) is 24.8 Å². The summed E-state index contributed by atoms with van der Waals surface area (Å²) in [5, 5.41) is 3.02. The van der Waals surface area contributed by atoms with E-state index in [4.69, 9.17) is 9.47 Å². The highest BCUT2D eigenvalue weighted by Crippen LogP contribution is 2.39. The Morgan fingerprint density at radius 2 is 2.28 bits per heavy atom. The molecule has 0 spiro atoms. The van der Waals surface area contributed by atoms with E-state index in [0.717, 1.165) is 29.8 Å². The van der Waals surface area contributed by atoms with Crippen LogP contribution in [0.1, 0.15) is 17.5 Å². The SMILES string of the molecule is Cc1cc2c(c(-c3ccccn3)c1)O[C@@H](CNC(=O)[C@@H]1CCOC1)C2. The first-order valence-electron chi connectivity index (χ1n) is 8.78. The third-order valence-electron chi connectivity index (χ3n) is 4.79. The summed E-state index contributed by atoms with van der Waals surface area (Å²) < 4.78 is 11.5. The van der Waals surface area contributed by atoms with Gasteiger partial charge in [-0.15, -0.1) is 0 Å². The van der Waals surface area contributed by atoms with Crippen molar-refractivity contribution in [2.24, 2.45) is 5.92 Å². The number of hydrogen-bond donors (Lipinski definition) is 1. The molecular formula is C20H22N2O3. The molecule has 1 fully saturated rings. The molecule has 4 rings (SSSR count). The van der Waals surface area contributed by atoms with E-state index in [-0.39, 0.29) is 17.9 Å². The first-order chi connectivity index (χ1) is 12.2. The number of amides is 1. The molecule has 25 heavy (non-hydrogen) atoms. The first kappa shape index (κ1) is 16.1. The fraction of sp³-hybridized carbons (Fsp3) is 0.400. The fourth-order valence-corrected chi connectivity index (χ4v) is 3.52. The predicted molar refractivity (Wildman–Crippen MR) is 94.5 cm³/mol. The zero-order chi connectivity index (χ0) is 17.2. The van der Waals surface area contributed by atoms with E-state index in [1.807, 2.05) is 18.2 Å².